The van der Waals surface area contributed by atoms with Crippen LogP contribution >= 0.6 is 0 Å². The van der Waals surface area contributed by atoms with Crippen LogP contribution in [0.4, 0.5) is 38.0 Å². The van der Waals surface area contributed by atoms with Gasteiger partial charge >= 0.3 is 12.1 Å². The van der Waals surface area contributed by atoms with Crippen molar-refractivity contribution in [2.75, 3.05) is 51.0 Å². The van der Waals surface area contributed by atoms with Crippen molar-refractivity contribution in [2.24, 2.45) is 0 Å². The van der Waals surface area contributed by atoms with E-state index in [0.29, 0.717) is 48.8 Å². The number of aryl methyl sites for hydroxylation is 3. The number of nitrogens with one attached hydrogen (secondary N) is 4. The number of para-hydroxylation sites is 2. The number of ether oxygens (including phenoxy) is 1. The van der Waals surface area contributed by atoms with E-state index in [1.807, 2.05) is 45.0 Å². The molecule has 1 fully saturated rings. The van der Waals surface area contributed by atoms with E-state index in [9.17, 15) is 26.4 Å². The quantitative estimate of drug-likeness (QED) is 0.0861. The number of rotatable bonds is 13. The number of sulfonamides is 2. The van der Waals surface area contributed by atoms with E-state index in [1.165, 1.54) is 48.5 Å². The molecule has 16 nitrogen and oxygen atoms in total. The molecule has 6 aromatic rings. The van der Waals surface area contributed by atoms with Gasteiger partial charge in [0.2, 0.25) is 0 Å². The van der Waals surface area contributed by atoms with E-state index in [1.54, 1.807) is 61.2 Å². The molecule has 2 aromatic heterocycles. The van der Waals surface area contributed by atoms with Gasteiger partial charge in [-0.15, -0.1) is 0 Å². The van der Waals surface area contributed by atoms with Gasteiger partial charge in [0.1, 0.15) is 0 Å². The lowest BCUT2D eigenvalue weighted by molar-refractivity contribution is 0.123. The first kappa shape index (κ1) is 44.0. The van der Waals surface area contributed by atoms with Crippen molar-refractivity contribution in [3.05, 3.63) is 162 Å². The van der Waals surface area contributed by atoms with E-state index in [2.05, 4.69) is 34.9 Å². The molecular formula is C45H47N9O7S2. The monoisotopic (exact) mass is 889 g/mol. The summed E-state index contributed by atoms with van der Waals surface area (Å²) in [6.45, 7) is 7.74. The molecule has 0 atom stereocenters. The Kier molecular flexibility index (Phi) is 13.5. The Morgan fingerprint density at radius 3 is 1.90 bits per heavy atom. The maximum atomic E-state index is 14.4. The number of nitrogens with zero attached hydrogens (tertiary/aromatic N) is 5. The van der Waals surface area contributed by atoms with Crippen LogP contribution in [-0.4, -0.2) is 70.2 Å². The van der Waals surface area contributed by atoms with E-state index in [0.717, 1.165) is 32.4 Å². The average Bonchev–Trinajstić information content (AvgIpc) is 3.28. The maximum absolute atomic E-state index is 14.4. The zero-order valence-electron chi connectivity index (χ0n) is 34.9. The summed E-state index contributed by atoms with van der Waals surface area (Å²) in [5, 5.41) is 7.88. The highest BCUT2D eigenvalue weighted by Gasteiger charge is 2.30. The van der Waals surface area contributed by atoms with Crippen LogP contribution in [0.5, 0.6) is 0 Å². The number of amides is 4. The molecule has 4 aromatic carbocycles. The van der Waals surface area contributed by atoms with Crippen LogP contribution in [0.15, 0.2) is 144 Å². The van der Waals surface area contributed by atoms with Crippen molar-refractivity contribution >= 4 is 60.5 Å². The van der Waals surface area contributed by atoms with Crippen molar-refractivity contribution in [1.82, 2.24) is 20.3 Å². The number of urea groups is 2. The third-order valence-electron chi connectivity index (χ3n) is 10.1. The maximum Gasteiger partial charge on any atom is 0.341 e. The molecular weight excluding hydrogens is 843 g/mol. The van der Waals surface area contributed by atoms with Crippen LogP contribution in [0, 0.1) is 20.8 Å². The Hall–Kier alpha value is -7.02. The topological polar surface area (TPSA) is 195 Å². The summed E-state index contributed by atoms with van der Waals surface area (Å²) < 4.78 is 65.5. The second-order valence-electron chi connectivity index (χ2n) is 14.8. The van der Waals surface area contributed by atoms with Crippen LogP contribution in [0.2, 0.25) is 0 Å². The third-order valence-corrected chi connectivity index (χ3v) is 12.9. The molecule has 3 heterocycles. The van der Waals surface area contributed by atoms with Gasteiger partial charge in [0.25, 0.3) is 20.0 Å². The molecule has 4 amide bonds. The fraction of sp³-hybridized carbons (Fsp3) is 0.200. The van der Waals surface area contributed by atoms with E-state index >= 15 is 0 Å². The number of hydrazine groups is 1. The predicted molar refractivity (Wildman–Crippen MR) is 242 cm³/mol. The Labute approximate surface area is 367 Å². The summed E-state index contributed by atoms with van der Waals surface area (Å²) in [5.41, 5.74) is 5.81. The number of pyridine rings is 2. The number of aromatic nitrogens is 2. The van der Waals surface area contributed by atoms with Gasteiger partial charge in [-0.2, -0.15) is 5.01 Å². The highest BCUT2D eigenvalue weighted by Crippen LogP contribution is 2.31. The van der Waals surface area contributed by atoms with Crippen LogP contribution in [-0.2, 0) is 37.9 Å². The first-order valence-electron chi connectivity index (χ1n) is 20.0. The summed E-state index contributed by atoms with van der Waals surface area (Å²) >= 11 is 0. The van der Waals surface area contributed by atoms with Crippen molar-refractivity contribution < 1.29 is 31.2 Å². The number of morpholine rings is 1. The standard InChI is InChI=1S/C45H47N9O7S2/c1-32-26-33(2)43(34(3)27-32)51-63(59,60)39-16-12-37(13-17-39)49-45(56)53(31-36-9-7-21-47-29-36)54(44(55)48-30-35-8-6-20-46-28-35)38-14-18-40(19-15-38)62(57,58)50-41-10-4-5-11-42(41)52-22-24-61-25-23-52/h4-21,26-29,50-51H,22-25,30-31H2,1-3H3,(H,48,55)(H,49,56). The van der Waals surface area contributed by atoms with Gasteiger partial charge in [-0.3, -0.25) is 19.4 Å². The molecule has 0 unspecified atom stereocenters. The van der Waals surface area contributed by atoms with Crippen molar-refractivity contribution in [1.29, 1.82) is 0 Å². The number of anilines is 5. The molecule has 0 bridgehead atoms. The van der Waals surface area contributed by atoms with E-state index < -0.39 is 32.1 Å². The van der Waals surface area contributed by atoms with Crippen molar-refractivity contribution in [2.45, 2.75) is 43.7 Å². The molecule has 0 saturated carbocycles. The average molecular weight is 890 g/mol. The Balaban J connectivity index is 1.18. The van der Waals surface area contributed by atoms with Crippen LogP contribution in [0.3, 0.4) is 0 Å². The van der Waals surface area contributed by atoms with Gasteiger partial charge < -0.3 is 20.3 Å². The van der Waals surface area contributed by atoms with Crippen LogP contribution in [0.25, 0.3) is 0 Å². The lowest BCUT2D eigenvalue weighted by Crippen LogP contribution is -2.54. The second kappa shape index (κ2) is 19.4. The first-order valence-corrected chi connectivity index (χ1v) is 22.9. The number of benzene rings is 4. The normalized spacial score (nSPS) is 12.8. The van der Waals surface area contributed by atoms with Gasteiger partial charge in [-0.05, 0) is 116 Å². The fourth-order valence-corrected chi connectivity index (χ4v) is 9.35. The van der Waals surface area contributed by atoms with E-state index in [4.69, 9.17) is 4.74 Å². The Morgan fingerprint density at radius 1 is 0.698 bits per heavy atom. The SMILES string of the molecule is Cc1cc(C)c(NS(=O)(=O)c2ccc(NC(=O)N(Cc3cccnc3)N(C(=O)NCc3cccnc3)c3ccc(S(=O)(=O)Nc4ccccc4N4CCOCC4)cc3)cc2)c(C)c1. The molecule has 1 aliphatic heterocycles. The Morgan fingerprint density at radius 2 is 1.29 bits per heavy atom. The highest BCUT2D eigenvalue weighted by molar-refractivity contribution is 7.93. The molecule has 4 N–H and O–H groups in total. The largest absolute Gasteiger partial charge is 0.378 e. The van der Waals surface area contributed by atoms with Crippen molar-refractivity contribution in [3.63, 3.8) is 0 Å². The zero-order chi connectivity index (χ0) is 44.6. The molecule has 0 aliphatic carbocycles. The summed E-state index contributed by atoms with van der Waals surface area (Å²) in [4.78, 5) is 39.0. The minimum atomic E-state index is -4.13. The summed E-state index contributed by atoms with van der Waals surface area (Å²) in [5.74, 6) is 0. The van der Waals surface area contributed by atoms with Gasteiger partial charge in [0.15, 0.2) is 0 Å². The summed E-state index contributed by atoms with van der Waals surface area (Å²) in [6.07, 6.45) is 6.32. The molecule has 18 heteroatoms. The van der Waals surface area contributed by atoms with Crippen molar-refractivity contribution in [3.8, 4) is 0 Å². The molecule has 1 aliphatic rings. The molecule has 0 radical (unpaired) electrons. The molecule has 63 heavy (non-hydrogen) atoms. The van der Waals surface area contributed by atoms with Gasteiger partial charge in [0.05, 0.1) is 52.3 Å². The smallest absolute Gasteiger partial charge is 0.341 e. The van der Waals surface area contributed by atoms with Gasteiger partial charge in [0, 0.05) is 50.1 Å². The predicted octanol–water partition coefficient (Wildman–Crippen LogP) is 7.21. The second-order valence-corrected chi connectivity index (χ2v) is 18.2. The molecule has 0 spiro atoms. The summed E-state index contributed by atoms with van der Waals surface area (Å²) in [6, 6.07) is 27.5. The van der Waals surface area contributed by atoms with Crippen LogP contribution < -0.4 is 30.0 Å². The highest BCUT2D eigenvalue weighted by atomic mass is 32.2. The third kappa shape index (κ3) is 10.9. The number of hydrogen-bond donors (Lipinski definition) is 4. The first-order chi connectivity index (χ1) is 30.3. The number of carbonyl (C=O) groups is 2. The van der Waals surface area contributed by atoms with Gasteiger partial charge in [-0.25, -0.2) is 31.4 Å². The van der Waals surface area contributed by atoms with Gasteiger partial charge in [-0.1, -0.05) is 42.0 Å². The van der Waals surface area contributed by atoms with E-state index in [-0.39, 0.29) is 34.3 Å². The molecule has 1 saturated heterocycles. The lowest BCUT2D eigenvalue weighted by atomic mass is 10.1. The molecule has 326 valence electrons. The molecule has 7 rings (SSSR count). The summed E-state index contributed by atoms with van der Waals surface area (Å²) in [7, 11) is -8.13. The zero-order valence-corrected chi connectivity index (χ0v) is 36.5. The Bertz CT molecular complexity index is 2750. The lowest BCUT2D eigenvalue weighted by Gasteiger charge is -2.35. The fourth-order valence-electron chi connectivity index (χ4n) is 7.07. The minimum absolute atomic E-state index is 0.0300. The number of hydrogen-bond acceptors (Lipinski definition) is 10. The van der Waals surface area contributed by atoms with Crippen LogP contribution in [0.1, 0.15) is 27.8 Å². The minimum Gasteiger partial charge on any atom is -0.378 e. The number of carbonyl (C=O) groups excluding carboxylic acids is 2.